The van der Waals surface area contributed by atoms with Gasteiger partial charge < -0.3 is 9.47 Å². The molecule has 0 saturated carbocycles. The molecule has 1 atom stereocenters. The highest BCUT2D eigenvalue weighted by Gasteiger charge is 2.17. The van der Waals surface area contributed by atoms with Crippen molar-refractivity contribution >= 4 is 5.97 Å². The fraction of sp³-hybridized carbons (Fsp3) is 0.538. The lowest BCUT2D eigenvalue weighted by molar-refractivity contribution is 0.0287. The minimum atomic E-state index is -0.363. The van der Waals surface area contributed by atoms with Crippen LogP contribution >= 0.6 is 0 Å². The number of rotatable bonds is 22. The maximum Gasteiger partial charge on any atom is 0.340 e. The molecule has 0 amide bonds. The fourth-order valence-electron chi connectivity index (χ4n) is 5.45. The quantitative estimate of drug-likeness (QED) is 0.0869. The van der Waals surface area contributed by atoms with E-state index in [0.29, 0.717) is 24.5 Å². The third-order valence-electron chi connectivity index (χ3n) is 8.23. The number of aromatic nitrogens is 1. The van der Waals surface area contributed by atoms with Crippen LogP contribution in [-0.2, 0) is 11.2 Å². The van der Waals surface area contributed by atoms with Crippen LogP contribution in [0.5, 0.6) is 5.88 Å². The molecule has 234 valence electrons. The van der Waals surface area contributed by atoms with E-state index < -0.39 is 0 Å². The smallest absolute Gasteiger partial charge is 0.340 e. The van der Waals surface area contributed by atoms with Crippen LogP contribution in [0.2, 0.25) is 0 Å². The van der Waals surface area contributed by atoms with Crippen LogP contribution in [0.25, 0.3) is 11.1 Å². The first-order valence-electron chi connectivity index (χ1n) is 17.1. The van der Waals surface area contributed by atoms with Crippen molar-refractivity contribution in [3.63, 3.8) is 0 Å². The number of unbranched alkanes of at least 4 members (excludes halogenated alkanes) is 12. The molecule has 0 aliphatic heterocycles. The molecular formula is C39H55NO3. The van der Waals surface area contributed by atoms with E-state index in [1.54, 1.807) is 18.3 Å². The molecule has 0 fully saturated rings. The largest absolute Gasteiger partial charge is 0.478 e. The molecular weight excluding hydrogens is 530 g/mol. The second kappa shape index (κ2) is 20.7. The second-order valence-electron chi connectivity index (χ2n) is 11.8. The number of carbonyl (C=O) groups excluding carboxylic acids is 1. The van der Waals surface area contributed by atoms with Crippen molar-refractivity contribution in [1.82, 2.24) is 4.98 Å². The predicted molar refractivity (Wildman–Crippen MR) is 180 cm³/mol. The number of hydrogen-bond donors (Lipinski definition) is 0. The van der Waals surface area contributed by atoms with Crippen molar-refractivity contribution in [3.8, 4) is 17.0 Å². The summed E-state index contributed by atoms with van der Waals surface area (Å²) in [6, 6.07) is 20.9. The zero-order chi connectivity index (χ0) is 30.5. The highest BCUT2D eigenvalue weighted by Crippen LogP contribution is 2.27. The minimum Gasteiger partial charge on any atom is -0.478 e. The Morgan fingerprint density at radius 1 is 0.651 bits per heavy atom. The first kappa shape index (κ1) is 34.4. The average Bonchev–Trinajstić information content (AvgIpc) is 3.05. The van der Waals surface area contributed by atoms with Gasteiger partial charge in [-0.2, -0.15) is 0 Å². The molecule has 1 aromatic heterocycles. The van der Waals surface area contributed by atoms with Gasteiger partial charge in [0.2, 0.25) is 5.88 Å². The molecule has 0 spiro atoms. The molecule has 0 bridgehead atoms. The van der Waals surface area contributed by atoms with Crippen LogP contribution in [-0.4, -0.2) is 17.6 Å². The molecule has 3 rings (SSSR count). The average molecular weight is 586 g/mol. The predicted octanol–water partition coefficient (Wildman–Crippen LogP) is 11.5. The Labute approximate surface area is 261 Å². The maximum atomic E-state index is 12.9. The summed E-state index contributed by atoms with van der Waals surface area (Å²) in [5, 5.41) is 0. The van der Waals surface area contributed by atoms with Crippen LogP contribution in [0.15, 0.2) is 66.9 Å². The lowest BCUT2D eigenvalue weighted by atomic mass is 9.98. The Morgan fingerprint density at radius 2 is 1.21 bits per heavy atom. The lowest BCUT2D eigenvalue weighted by Crippen LogP contribution is -2.11. The Morgan fingerprint density at radius 3 is 1.77 bits per heavy atom. The summed E-state index contributed by atoms with van der Waals surface area (Å²) in [7, 11) is 0. The molecule has 1 unspecified atom stereocenters. The summed E-state index contributed by atoms with van der Waals surface area (Å²) in [5.41, 5.74) is 5.23. The van der Waals surface area contributed by atoms with Crippen molar-refractivity contribution in [1.29, 1.82) is 0 Å². The number of hydrogen-bond acceptors (Lipinski definition) is 4. The van der Waals surface area contributed by atoms with Gasteiger partial charge in [-0.15, -0.1) is 0 Å². The third kappa shape index (κ3) is 12.9. The molecule has 4 nitrogen and oxygen atoms in total. The number of benzene rings is 2. The molecule has 1 heterocycles. The number of carbonyl (C=O) groups is 1. The van der Waals surface area contributed by atoms with Gasteiger partial charge in [-0.05, 0) is 54.0 Å². The number of ether oxygens (including phenoxy) is 2. The van der Waals surface area contributed by atoms with Gasteiger partial charge in [-0.3, -0.25) is 0 Å². The fourth-order valence-corrected chi connectivity index (χ4v) is 5.45. The van der Waals surface area contributed by atoms with Crippen molar-refractivity contribution in [2.24, 2.45) is 0 Å². The van der Waals surface area contributed by atoms with Crippen molar-refractivity contribution < 1.29 is 14.3 Å². The summed E-state index contributed by atoms with van der Waals surface area (Å²) in [6.07, 6.45) is 21.2. The maximum absolute atomic E-state index is 12.9. The summed E-state index contributed by atoms with van der Waals surface area (Å²) >= 11 is 0. The van der Waals surface area contributed by atoms with E-state index >= 15 is 0 Å². The Balaban J connectivity index is 1.42. The summed E-state index contributed by atoms with van der Waals surface area (Å²) in [4.78, 5) is 17.2. The Bertz CT molecular complexity index is 1140. The van der Waals surface area contributed by atoms with Gasteiger partial charge in [0.1, 0.15) is 6.10 Å². The number of pyridine rings is 1. The molecule has 43 heavy (non-hydrogen) atoms. The third-order valence-corrected chi connectivity index (χ3v) is 8.23. The van der Waals surface area contributed by atoms with Gasteiger partial charge in [0, 0.05) is 12.3 Å². The molecule has 2 aromatic carbocycles. The SMILES string of the molecule is CCCCCCCCCCc1ccc(-c2ccc(C(CC)OC(=O)c3ccc(OCCCCCCCC)nc3)cc2)cc1. The van der Waals surface area contributed by atoms with E-state index in [1.807, 2.05) is 6.92 Å². The lowest BCUT2D eigenvalue weighted by Gasteiger charge is -2.17. The van der Waals surface area contributed by atoms with Crippen molar-refractivity contribution in [3.05, 3.63) is 83.6 Å². The summed E-state index contributed by atoms with van der Waals surface area (Å²) < 4.78 is 11.6. The number of esters is 1. The van der Waals surface area contributed by atoms with E-state index in [-0.39, 0.29) is 12.1 Å². The van der Waals surface area contributed by atoms with E-state index in [4.69, 9.17) is 9.47 Å². The van der Waals surface area contributed by atoms with Gasteiger partial charge in [0.15, 0.2) is 0 Å². The molecule has 3 aromatic rings. The molecule has 0 radical (unpaired) electrons. The van der Waals surface area contributed by atoms with Crippen LogP contribution in [0.4, 0.5) is 0 Å². The van der Waals surface area contributed by atoms with Crippen LogP contribution in [0.3, 0.4) is 0 Å². The van der Waals surface area contributed by atoms with Gasteiger partial charge >= 0.3 is 5.97 Å². The highest BCUT2D eigenvalue weighted by atomic mass is 16.5. The van der Waals surface area contributed by atoms with Crippen LogP contribution in [0, 0.1) is 0 Å². The van der Waals surface area contributed by atoms with Crippen LogP contribution < -0.4 is 4.74 Å². The van der Waals surface area contributed by atoms with Gasteiger partial charge in [0.25, 0.3) is 0 Å². The highest BCUT2D eigenvalue weighted by molar-refractivity contribution is 5.89. The van der Waals surface area contributed by atoms with E-state index in [1.165, 1.54) is 100 Å². The Kier molecular flexibility index (Phi) is 16.5. The molecule has 0 aliphatic rings. The normalized spacial score (nSPS) is 11.8. The van der Waals surface area contributed by atoms with Gasteiger partial charge in [-0.25, -0.2) is 9.78 Å². The van der Waals surface area contributed by atoms with Gasteiger partial charge in [0.05, 0.1) is 12.2 Å². The van der Waals surface area contributed by atoms with E-state index in [0.717, 1.165) is 18.4 Å². The standard InChI is InChI=1S/C39H55NO3/c1-4-7-9-11-13-14-15-17-19-32-20-22-33(23-21-32)34-24-26-35(27-25-34)37(6-3)43-39(41)36-28-29-38(40-31-36)42-30-18-16-12-10-8-5-2/h20-29,31,37H,4-19,30H2,1-3H3. The van der Waals surface area contributed by atoms with Crippen molar-refractivity contribution in [2.75, 3.05) is 6.61 Å². The zero-order valence-corrected chi connectivity index (χ0v) is 27.1. The molecule has 0 saturated heterocycles. The summed E-state index contributed by atoms with van der Waals surface area (Å²) in [6.45, 7) is 7.19. The Hall–Kier alpha value is -3.14. The topological polar surface area (TPSA) is 48.4 Å². The second-order valence-corrected chi connectivity index (χ2v) is 11.8. The number of aryl methyl sites for hydroxylation is 1. The molecule has 0 N–H and O–H groups in total. The zero-order valence-electron chi connectivity index (χ0n) is 27.1. The monoisotopic (exact) mass is 585 g/mol. The summed E-state index contributed by atoms with van der Waals surface area (Å²) in [5.74, 6) is 0.187. The first-order chi connectivity index (χ1) is 21.1. The number of nitrogens with zero attached hydrogens (tertiary/aromatic N) is 1. The van der Waals surface area contributed by atoms with E-state index in [2.05, 4.69) is 67.4 Å². The molecule has 0 aliphatic carbocycles. The van der Waals surface area contributed by atoms with Gasteiger partial charge in [-0.1, -0.05) is 146 Å². The first-order valence-corrected chi connectivity index (χ1v) is 17.1. The minimum absolute atomic E-state index is 0.306. The van der Waals surface area contributed by atoms with E-state index in [9.17, 15) is 4.79 Å². The van der Waals surface area contributed by atoms with Crippen molar-refractivity contribution in [2.45, 2.75) is 130 Å². The van der Waals surface area contributed by atoms with Crippen LogP contribution in [0.1, 0.15) is 145 Å². The molecule has 4 heteroatoms.